The predicted octanol–water partition coefficient (Wildman–Crippen LogP) is 0.999. The smallest absolute Gasteiger partial charge is 0.139 e. The van der Waals surface area contributed by atoms with Crippen molar-refractivity contribution in [1.29, 1.82) is 0 Å². The maximum atomic E-state index is 2.32. The monoisotopic (exact) mass is 112 g/mol. The van der Waals surface area contributed by atoms with Crippen LogP contribution in [-0.4, -0.2) is 30.2 Å². The molecule has 2 rings (SSSR count). The van der Waals surface area contributed by atoms with Crippen LogP contribution in [0.1, 0.15) is 19.8 Å². The maximum Gasteiger partial charge on any atom is 0.139 e. The molecule has 1 heteroatoms. The molecular weight excluding hydrogens is 98.1 g/mol. The quantitative estimate of drug-likeness (QED) is 0.350. The second kappa shape index (κ2) is 1.27. The Bertz CT molecular complexity index is 107. The van der Waals surface area contributed by atoms with Gasteiger partial charge in [0.2, 0.25) is 0 Å². The number of rotatable bonds is 1. The summed E-state index contributed by atoms with van der Waals surface area (Å²) < 4.78 is 1.49. The highest BCUT2D eigenvalue weighted by molar-refractivity contribution is 4.79. The second-order valence-corrected chi connectivity index (χ2v) is 3.24. The second-order valence-electron chi connectivity index (χ2n) is 3.24. The lowest BCUT2D eigenvalue weighted by Crippen LogP contribution is -2.24. The fourth-order valence-electron chi connectivity index (χ4n) is 2.20. The molecule has 2 heterocycles. The van der Waals surface area contributed by atoms with E-state index in [4.69, 9.17) is 0 Å². The van der Waals surface area contributed by atoms with E-state index < -0.39 is 0 Å². The van der Waals surface area contributed by atoms with E-state index in [-0.39, 0.29) is 0 Å². The number of nitrogens with zero attached hydrogens (tertiary/aromatic N) is 1. The zero-order chi connectivity index (χ0) is 5.61. The van der Waals surface area contributed by atoms with Crippen LogP contribution in [0.25, 0.3) is 0 Å². The van der Waals surface area contributed by atoms with Gasteiger partial charge in [-0.25, -0.2) is 0 Å². The first-order valence-corrected chi connectivity index (χ1v) is 3.73. The molecule has 0 amide bonds. The third-order valence-electron chi connectivity index (χ3n) is 2.99. The van der Waals surface area contributed by atoms with Crippen LogP contribution in [0.4, 0.5) is 0 Å². The summed E-state index contributed by atoms with van der Waals surface area (Å²) in [5.41, 5.74) is 0. The summed E-state index contributed by atoms with van der Waals surface area (Å²) in [4.78, 5) is 0. The summed E-state index contributed by atoms with van der Waals surface area (Å²) in [5, 5.41) is 0. The largest absolute Gasteiger partial charge is 0.312 e. The molecule has 2 aliphatic rings. The summed E-state index contributed by atoms with van der Waals surface area (Å²) >= 11 is 0. The molecule has 0 radical (unpaired) electrons. The van der Waals surface area contributed by atoms with E-state index in [9.17, 15) is 0 Å². The number of hydrogen-bond donors (Lipinski definition) is 0. The molecule has 0 bridgehead atoms. The molecule has 0 aromatic carbocycles. The molecule has 0 aliphatic carbocycles. The van der Waals surface area contributed by atoms with Gasteiger partial charge in [0.15, 0.2) is 0 Å². The highest BCUT2D eigenvalue weighted by atomic mass is 15.5. The van der Waals surface area contributed by atoms with Gasteiger partial charge >= 0.3 is 0 Å². The molecular formula is C7H14N+. The first-order valence-electron chi connectivity index (χ1n) is 3.73. The van der Waals surface area contributed by atoms with Gasteiger partial charge in [-0.15, -0.1) is 0 Å². The van der Waals surface area contributed by atoms with Crippen LogP contribution in [0.3, 0.4) is 0 Å². The Hall–Kier alpha value is -0.0400. The van der Waals surface area contributed by atoms with Gasteiger partial charge in [-0.2, -0.15) is 0 Å². The van der Waals surface area contributed by atoms with Gasteiger partial charge in [0.1, 0.15) is 12.6 Å². The fraction of sp³-hybridized carbons (Fsp3) is 1.00. The Kier molecular flexibility index (Phi) is 0.762. The number of fused-ring (bicyclic) bond motifs is 1. The van der Waals surface area contributed by atoms with E-state index in [1.807, 2.05) is 0 Å². The molecule has 0 aromatic heterocycles. The summed E-state index contributed by atoms with van der Waals surface area (Å²) in [6.07, 6.45) is 3.02. The Morgan fingerprint density at radius 1 is 1.62 bits per heavy atom. The van der Waals surface area contributed by atoms with E-state index in [2.05, 4.69) is 6.92 Å². The summed E-state index contributed by atoms with van der Waals surface area (Å²) in [5.74, 6) is 0. The Morgan fingerprint density at radius 3 is 2.75 bits per heavy atom. The zero-order valence-electron chi connectivity index (χ0n) is 5.56. The molecule has 2 fully saturated rings. The number of piperidine rings is 1. The Balaban J connectivity index is 2.08. The van der Waals surface area contributed by atoms with Crippen molar-refractivity contribution in [3.8, 4) is 0 Å². The molecule has 0 N–H and O–H groups in total. The van der Waals surface area contributed by atoms with Crippen molar-refractivity contribution in [3.63, 3.8) is 0 Å². The average Bonchev–Trinajstić information content (AvgIpc) is 2.38. The van der Waals surface area contributed by atoms with Crippen molar-refractivity contribution in [2.24, 2.45) is 0 Å². The molecule has 2 aliphatic heterocycles. The SMILES string of the molecule is CC[N+]12CCCC1C2. The Labute approximate surface area is 50.9 Å². The topological polar surface area (TPSA) is 0 Å². The summed E-state index contributed by atoms with van der Waals surface area (Å²) in [6, 6.07) is 1.11. The van der Waals surface area contributed by atoms with Crippen LogP contribution >= 0.6 is 0 Å². The van der Waals surface area contributed by atoms with Crippen LogP contribution in [0.5, 0.6) is 0 Å². The predicted molar refractivity (Wildman–Crippen MR) is 33.6 cm³/mol. The van der Waals surface area contributed by atoms with E-state index in [1.54, 1.807) is 0 Å². The highest BCUT2D eigenvalue weighted by Crippen LogP contribution is 2.40. The fourth-order valence-corrected chi connectivity index (χ4v) is 2.20. The van der Waals surface area contributed by atoms with Crippen molar-refractivity contribution in [2.45, 2.75) is 25.8 Å². The maximum absolute atomic E-state index is 2.32. The van der Waals surface area contributed by atoms with E-state index in [0.29, 0.717) is 0 Å². The lowest BCUT2D eigenvalue weighted by Gasteiger charge is -2.10. The first-order chi connectivity index (χ1) is 3.87. The normalized spacial score (nSPS) is 51.4. The van der Waals surface area contributed by atoms with E-state index in [0.717, 1.165) is 6.04 Å². The van der Waals surface area contributed by atoms with Crippen molar-refractivity contribution in [3.05, 3.63) is 0 Å². The van der Waals surface area contributed by atoms with Crippen LogP contribution in [0.15, 0.2) is 0 Å². The van der Waals surface area contributed by atoms with Gasteiger partial charge in [0, 0.05) is 12.8 Å². The molecule has 0 saturated carbocycles. The van der Waals surface area contributed by atoms with Crippen LogP contribution in [0.2, 0.25) is 0 Å². The highest BCUT2D eigenvalue weighted by Gasteiger charge is 2.56. The molecule has 1 nitrogen and oxygen atoms in total. The van der Waals surface area contributed by atoms with Gasteiger partial charge < -0.3 is 4.48 Å². The van der Waals surface area contributed by atoms with Crippen molar-refractivity contribution in [1.82, 2.24) is 0 Å². The van der Waals surface area contributed by atoms with Crippen molar-refractivity contribution in [2.75, 3.05) is 19.6 Å². The van der Waals surface area contributed by atoms with Gasteiger partial charge in [-0.1, -0.05) is 0 Å². The van der Waals surface area contributed by atoms with Gasteiger partial charge in [-0.3, -0.25) is 0 Å². The molecule has 0 spiro atoms. The molecule has 2 unspecified atom stereocenters. The molecule has 2 atom stereocenters. The molecule has 2 saturated heterocycles. The third-order valence-corrected chi connectivity index (χ3v) is 2.99. The molecule has 46 valence electrons. The van der Waals surface area contributed by atoms with E-state index >= 15 is 0 Å². The van der Waals surface area contributed by atoms with Crippen LogP contribution < -0.4 is 0 Å². The summed E-state index contributed by atoms with van der Waals surface area (Å²) in [7, 11) is 0. The third kappa shape index (κ3) is 0.408. The number of hydrogen-bond acceptors (Lipinski definition) is 0. The lowest BCUT2D eigenvalue weighted by atomic mass is 10.3. The van der Waals surface area contributed by atoms with Crippen molar-refractivity contribution >= 4 is 0 Å². The first kappa shape index (κ1) is 4.80. The van der Waals surface area contributed by atoms with Gasteiger partial charge in [0.05, 0.1) is 13.1 Å². The van der Waals surface area contributed by atoms with Gasteiger partial charge in [0.25, 0.3) is 0 Å². The average molecular weight is 112 g/mol. The van der Waals surface area contributed by atoms with E-state index in [1.165, 1.54) is 37.0 Å². The Morgan fingerprint density at radius 2 is 2.50 bits per heavy atom. The lowest BCUT2D eigenvalue weighted by molar-refractivity contribution is -0.800. The molecule has 8 heavy (non-hydrogen) atoms. The minimum atomic E-state index is 1.11. The summed E-state index contributed by atoms with van der Waals surface area (Å²) in [6.45, 7) is 6.72. The number of likely N-dealkylation sites (N-methyl/N-ethyl adjacent to an activating group) is 1. The van der Waals surface area contributed by atoms with Crippen LogP contribution in [0, 0.1) is 0 Å². The standard InChI is InChI=1S/C7H14N/c1-2-8-5-3-4-7(8)6-8/h7H,2-6H2,1H3/q+1. The van der Waals surface area contributed by atoms with Gasteiger partial charge in [-0.05, 0) is 6.92 Å². The van der Waals surface area contributed by atoms with Crippen LogP contribution in [-0.2, 0) is 0 Å². The minimum Gasteiger partial charge on any atom is -0.312 e. The minimum absolute atomic E-state index is 1.11. The van der Waals surface area contributed by atoms with Crippen molar-refractivity contribution < 1.29 is 4.48 Å². The zero-order valence-corrected chi connectivity index (χ0v) is 5.56. The molecule has 0 aromatic rings. The number of quaternary nitrogens is 1.